The topological polar surface area (TPSA) is 67.2 Å². The third-order valence-electron chi connectivity index (χ3n) is 3.86. The molecular formula is C19H11Cl3N4OS. The number of benzene rings is 2. The lowest BCUT2D eigenvalue weighted by Crippen LogP contribution is -2.19. The van der Waals surface area contributed by atoms with Gasteiger partial charge in [0.2, 0.25) is 5.91 Å². The highest BCUT2D eigenvalue weighted by Gasteiger charge is 2.18. The maximum absolute atomic E-state index is 11.4. The molecule has 1 aliphatic rings. The van der Waals surface area contributed by atoms with Crippen LogP contribution in [-0.2, 0) is 4.79 Å². The van der Waals surface area contributed by atoms with Crippen LogP contribution in [0.4, 0.5) is 5.95 Å². The molecule has 3 aromatic rings. The minimum atomic E-state index is -0.105. The predicted molar refractivity (Wildman–Crippen MR) is 116 cm³/mol. The Morgan fingerprint density at radius 2 is 1.64 bits per heavy atom. The van der Waals surface area contributed by atoms with Gasteiger partial charge in [-0.2, -0.15) is 4.99 Å². The van der Waals surface area contributed by atoms with Crippen LogP contribution in [0.5, 0.6) is 0 Å². The van der Waals surface area contributed by atoms with Crippen molar-refractivity contribution in [3.8, 4) is 22.5 Å². The summed E-state index contributed by atoms with van der Waals surface area (Å²) in [5.41, 5.74) is 2.59. The fourth-order valence-corrected chi connectivity index (χ4v) is 4.01. The SMILES string of the molecule is O=C1CS/C(=N\c2nc(-c3ccccc3Cl)cc(-c3ccc(Cl)cc3Cl)n2)N1. The fourth-order valence-electron chi connectivity index (χ4n) is 2.60. The minimum absolute atomic E-state index is 0.105. The van der Waals surface area contributed by atoms with Crippen molar-refractivity contribution in [1.29, 1.82) is 0 Å². The molecule has 0 unspecified atom stereocenters. The summed E-state index contributed by atoms with van der Waals surface area (Å²) >= 11 is 20.0. The monoisotopic (exact) mass is 448 g/mol. The van der Waals surface area contributed by atoms with Crippen molar-refractivity contribution in [1.82, 2.24) is 15.3 Å². The number of carbonyl (C=O) groups is 1. The zero-order valence-electron chi connectivity index (χ0n) is 14.1. The first kappa shape index (κ1) is 19.2. The van der Waals surface area contributed by atoms with Gasteiger partial charge in [-0.3, -0.25) is 4.79 Å². The van der Waals surface area contributed by atoms with E-state index in [9.17, 15) is 4.79 Å². The van der Waals surface area contributed by atoms with Crippen LogP contribution < -0.4 is 5.32 Å². The zero-order chi connectivity index (χ0) is 19.7. The lowest BCUT2D eigenvalue weighted by molar-refractivity contribution is -0.116. The molecule has 4 rings (SSSR count). The summed E-state index contributed by atoms with van der Waals surface area (Å²) in [5, 5.41) is 4.67. The van der Waals surface area contributed by atoms with Gasteiger partial charge in [-0.1, -0.05) is 64.8 Å². The number of hydrogen-bond donors (Lipinski definition) is 1. The first-order valence-electron chi connectivity index (χ1n) is 8.10. The van der Waals surface area contributed by atoms with E-state index in [0.29, 0.717) is 42.9 Å². The average molecular weight is 450 g/mol. The Balaban J connectivity index is 1.88. The predicted octanol–water partition coefficient (Wildman–Crippen LogP) is 5.62. The number of hydrogen-bond acceptors (Lipinski definition) is 5. The molecule has 1 aliphatic heterocycles. The van der Waals surface area contributed by atoms with E-state index in [1.54, 1.807) is 30.3 Å². The van der Waals surface area contributed by atoms with Crippen molar-refractivity contribution in [3.63, 3.8) is 0 Å². The van der Waals surface area contributed by atoms with Gasteiger partial charge >= 0.3 is 0 Å². The molecule has 1 N–H and O–H groups in total. The molecule has 2 heterocycles. The molecule has 1 saturated heterocycles. The van der Waals surface area contributed by atoms with Crippen LogP contribution in [0.2, 0.25) is 15.1 Å². The fraction of sp³-hybridized carbons (Fsp3) is 0.0526. The number of aliphatic imine (C=N–C) groups is 1. The Morgan fingerprint density at radius 3 is 2.29 bits per heavy atom. The highest BCUT2D eigenvalue weighted by Crippen LogP contribution is 2.34. The van der Waals surface area contributed by atoms with E-state index in [0.717, 1.165) is 5.56 Å². The first-order chi connectivity index (χ1) is 13.5. The van der Waals surface area contributed by atoms with E-state index in [-0.39, 0.29) is 11.9 Å². The largest absolute Gasteiger partial charge is 0.304 e. The average Bonchev–Trinajstić information content (AvgIpc) is 3.06. The Hall–Kier alpha value is -2.12. The summed E-state index contributed by atoms with van der Waals surface area (Å²) in [6.07, 6.45) is 0. The molecule has 140 valence electrons. The van der Waals surface area contributed by atoms with Gasteiger partial charge in [-0.05, 0) is 30.3 Å². The summed E-state index contributed by atoms with van der Waals surface area (Å²) < 4.78 is 0. The van der Waals surface area contributed by atoms with Crippen LogP contribution in [0.15, 0.2) is 53.5 Å². The van der Waals surface area contributed by atoms with Gasteiger partial charge in [-0.25, -0.2) is 9.97 Å². The molecule has 1 fully saturated rings. The van der Waals surface area contributed by atoms with E-state index in [2.05, 4.69) is 20.3 Å². The molecule has 1 amide bonds. The first-order valence-corrected chi connectivity index (χ1v) is 10.2. The molecule has 28 heavy (non-hydrogen) atoms. The molecule has 0 saturated carbocycles. The molecule has 2 aromatic carbocycles. The number of amides is 1. The smallest absolute Gasteiger partial charge is 0.252 e. The van der Waals surface area contributed by atoms with Gasteiger partial charge in [0.15, 0.2) is 5.17 Å². The molecule has 0 bridgehead atoms. The number of halogens is 3. The normalized spacial score (nSPS) is 15.1. The van der Waals surface area contributed by atoms with Gasteiger partial charge in [0, 0.05) is 21.2 Å². The summed E-state index contributed by atoms with van der Waals surface area (Å²) in [6, 6.07) is 14.3. The van der Waals surface area contributed by atoms with E-state index in [4.69, 9.17) is 34.8 Å². The number of nitrogens with zero attached hydrogens (tertiary/aromatic N) is 3. The summed E-state index contributed by atoms with van der Waals surface area (Å²) in [7, 11) is 0. The zero-order valence-corrected chi connectivity index (χ0v) is 17.2. The quantitative estimate of drug-likeness (QED) is 0.563. The van der Waals surface area contributed by atoms with Gasteiger partial charge in [0.1, 0.15) is 0 Å². The van der Waals surface area contributed by atoms with Gasteiger partial charge in [0.05, 0.1) is 22.2 Å². The summed E-state index contributed by atoms with van der Waals surface area (Å²) in [6.45, 7) is 0. The van der Waals surface area contributed by atoms with E-state index in [1.165, 1.54) is 11.8 Å². The lowest BCUT2D eigenvalue weighted by atomic mass is 10.1. The van der Waals surface area contributed by atoms with Crippen LogP contribution in [0.1, 0.15) is 0 Å². The second kappa shape index (κ2) is 8.09. The molecular weight excluding hydrogens is 439 g/mol. The number of thioether (sulfide) groups is 1. The number of nitrogens with one attached hydrogen (secondary N) is 1. The number of rotatable bonds is 3. The maximum Gasteiger partial charge on any atom is 0.252 e. The number of amidine groups is 1. The van der Waals surface area contributed by atoms with Gasteiger partial charge < -0.3 is 5.32 Å². The van der Waals surface area contributed by atoms with Gasteiger partial charge in [0.25, 0.3) is 5.95 Å². The van der Waals surface area contributed by atoms with Crippen LogP contribution in [0.3, 0.4) is 0 Å². The van der Waals surface area contributed by atoms with Crippen LogP contribution in [0, 0.1) is 0 Å². The minimum Gasteiger partial charge on any atom is -0.304 e. The van der Waals surface area contributed by atoms with Crippen molar-refractivity contribution in [3.05, 3.63) is 63.6 Å². The number of carbonyl (C=O) groups excluding carboxylic acids is 1. The molecule has 0 aliphatic carbocycles. The second-order valence-corrected chi connectivity index (χ2v) is 8.01. The summed E-state index contributed by atoms with van der Waals surface area (Å²) in [4.78, 5) is 24.8. The second-order valence-electron chi connectivity index (χ2n) is 5.80. The van der Waals surface area contributed by atoms with E-state index >= 15 is 0 Å². The van der Waals surface area contributed by atoms with E-state index in [1.807, 2.05) is 18.2 Å². The molecule has 1 aromatic heterocycles. The molecule has 0 spiro atoms. The third-order valence-corrected chi connectivity index (χ3v) is 5.61. The van der Waals surface area contributed by atoms with Crippen molar-refractivity contribution in [2.75, 3.05) is 5.75 Å². The Labute approximate surface area is 180 Å². The van der Waals surface area contributed by atoms with Gasteiger partial charge in [-0.15, -0.1) is 0 Å². The molecule has 0 atom stereocenters. The van der Waals surface area contributed by atoms with Crippen LogP contribution >= 0.6 is 46.6 Å². The highest BCUT2D eigenvalue weighted by molar-refractivity contribution is 8.15. The highest BCUT2D eigenvalue weighted by atomic mass is 35.5. The Kier molecular flexibility index (Phi) is 5.55. The molecule has 5 nitrogen and oxygen atoms in total. The Bertz CT molecular complexity index is 1120. The molecule has 9 heteroatoms. The maximum atomic E-state index is 11.4. The van der Waals surface area contributed by atoms with Crippen molar-refractivity contribution < 1.29 is 4.79 Å². The number of aromatic nitrogens is 2. The Morgan fingerprint density at radius 1 is 0.929 bits per heavy atom. The summed E-state index contributed by atoms with van der Waals surface area (Å²) in [5.74, 6) is 0.411. The van der Waals surface area contributed by atoms with Crippen LogP contribution in [0.25, 0.3) is 22.5 Å². The van der Waals surface area contributed by atoms with E-state index < -0.39 is 0 Å². The molecule has 0 radical (unpaired) electrons. The lowest BCUT2D eigenvalue weighted by Gasteiger charge is -2.09. The van der Waals surface area contributed by atoms with Crippen molar-refractivity contribution in [2.24, 2.45) is 4.99 Å². The van der Waals surface area contributed by atoms with Crippen molar-refractivity contribution >= 4 is 63.6 Å². The third kappa shape index (κ3) is 4.15. The van der Waals surface area contributed by atoms with Crippen LogP contribution in [-0.4, -0.2) is 26.8 Å². The standard InChI is InChI=1S/C19H11Cl3N4OS/c20-10-5-6-12(14(22)7-10)16-8-15(11-3-1-2-4-13(11)21)23-18(24-16)26-19-25-17(27)9-28-19/h1-8H,9H2,(H,23,24,25,26,27). The van der Waals surface area contributed by atoms with Crippen molar-refractivity contribution in [2.45, 2.75) is 0 Å².